The molecule has 0 unspecified atom stereocenters. The Morgan fingerprint density at radius 2 is 1.79 bits per heavy atom. The van der Waals surface area contributed by atoms with Gasteiger partial charge in [-0.3, -0.25) is 9.59 Å². The van der Waals surface area contributed by atoms with Gasteiger partial charge in [0.2, 0.25) is 5.91 Å². The molecule has 1 amide bonds. The highest BCUT2D eigenvalue weighted by molar-refractivity contribution is 5.89. The lowest BCUT2D eigenvalue weighted by Crippen LogP contribution is -2.51. The van der Waals surface area contributed by atoms with E-state index in [4.69, 9.17) is 0 Å². The van der Waals surface area contributed by atoms with Gasteiger partial charge in [-0.15, -0.1) is 0 Å². The van der Waals surface area contributed by atoms with Crippen molar-refractivity contribution in [2.45, 2.75) is 25.1 Å². The molecular formula is C21H19F3N2O3. The standard InChI is InChI=1S/C21H19F3N2O3/c22-21(23,24)18-17-13(12-3-1-2-4-14(12)25-17)7-8-26(18)19(27)15-10-5-6-11(9-10)16(15)20(28)29/h1-6,10-11,15-16,18,25H,7-9H2,(H,28,29)/t10-,11-,15-,16-,18-/m0/s1. The van der Waals surface area contributed by atoms with Crippen molar-refractivity contribution >= 4 is 22.8 Å². The minimum atomic E-state index is -4.67. The summed E-state index contributed by atoms with van der Waals surface area (Å²) in [5.41, 5.74) is 1.17. The van der Waals surface area contributed by atoms with Crippen molar-refractivity contribution < 1.29 is 27.9 Å². The van der Waals surface area contributed by atoms with Crippen LogP contribution in [-0.4, -0.2) is 39.6 Å². The molecule has 2 heterocycles. The number of fused-ring (bicyclic) bond motifs is 5. The Bertz CT molecular complexity index is 1040. The number of carbonyl (C=O) groups is 2. The van der Waals surface area contributed by atoms with Gasteiger partial charge in [0.25, 0.3) is 0 Å². The van der Waals surface area contributed by atoms with Crippen LogP contribution in [0.25, 0.3) is 10.9 Å². The summed E-state index contributed by atoms with van der Waals surface area (Å²) in [5.74, 6) is -4.34. The topological polar surface area (TPSA) is 73.4 Å². The lowest BCUT2D eigenvalue weighted by atomic mass is 9.81. The maximum atomic E-state index is 14.1. The van der Waals surface area contributed by atoms with Crippen LogP contribution in [0.1, 0.15) is 23.7 Å². The normalized spacial score (nSPS) is 30.7. The summed E-state index contributed by atoms with van der Waals surface area (Å²) in [6.07, 6.45) is -0.298. The van der Waals surface area contributed by atoms with Gasteiger partial charge in [-0.25, -0.2) is 0 Å². The van der Waals surface area contributed by atoms with Crippen LogP contribution in [0, 0.1) is 23.7 Å². The molecule has 1 aromatic heterocycles. The second-order valence-electron chi connectivity index (χ2n) is 8.13. The average Bonchev–Trinajstić information content (AvgIpc) is 3.37. The molecule has 1 saturated carbocycles. The SMILES string of the molecule is O=C(O)[C@@H]1[C@@H](C(=O)N2CCc3c([nH]c4ccccc34)[C@H]2C(F)(F)F)[C@H]2C=C[C@H]1C2. The van der Waals surface area contributed by atoms with E-state index < -0.39 is 35.9 Å². The molecule has 1 aliphatic heterocycles. The van der Waals surface area contributed by atoms with E-state index in [0.29, 0.717) is 23.9 Å². The largest absolute Gasteiger partial charge is 0.481 e. The van der Waals surface area contributed by atoms with Gasteiger partial charge in [0, 0.05) is 17.4 Å². The summed E-state index contributed by atoms with van der Waals surface area (Å²) in [7, 11) is 0. The van der Waals surface area contributed by atoms with Crippen LogP contribution in [0.2, 0.25) is 0 Å². The number of nitrogens with zero attached hydrogens (tertiary/aromatic N) is 1. The van der Waals surface area contributed by atoms with Crippen LogP contribution in [0.3, 0.4) is 0 Å². The van der Waals surface area contributed by atoms with Crippen LogP contribution < -0.4 is 0 Å². The van der Waals surface area contributed by atoms with Gasteiger partial charge in [-0.05, 0) is 36.3 Å². The number of aromatic nitrogens is 1. The number of hydrogen-bond acceptors (Lipinski definition) is 2. The molecule has 0 saturated heterocycles. The summed E-state index contributed by atoms with van der Waals surface area (Å²) in [6, 6.07) is 4.92. The molecule has 0 spiro atoms. The Kier molecular flexibility index (Phi) is 3.85. The van der Waals surface area contributed by atoms with Crippen LogP contribution >= 0.6 is 0 Å². The van der Waals surface area contributed by atoms with E-state index in [1.165, 1.54) is 0 Å². The minimum Gasteiger partial charge on any atom is -0.481 e. The lowest BCUT2D eigenvalue weighted by Gasteiger charge is -2.39. The Hall–Kier alpha value is -2.77. The van der Waals surface area contributed by atoms with Crippen molar-refractivity contribution in [1.82, 2.24) is 9.88 Å². The lowest BCUT2D eigenvalue weighted by molar-refractivity contribution is -0.197. The first-order valence-electron chi connectivity index (χ1n) is 9.65. The fraction of sp³-hybridized carbons (Fsp3) is 0.429. The highest BCUT2D eigenvalue weighted by Gasteiger charge is 2.57. The number of alkyl halides is 3. The Morgan fingerprint density at radius 3 is 2.48 bits per heavy atom. The number of nitrogens with one attached hydrogen (secondary N) is 1. The zero-order valence-electron chi connectivity index (χ0n) is 15.3. The summed E-state index contributed by atoms with van der Waals surface area (Å²) < 4.78 is 42.4. The fourth-order valence-corrected chi connectivity index (χ4v) is 5.51. The van der Waals surface area contributed by atoms with Gasteiger partial charge in [0.05, 0.1) is 17.5 Å². The molecule has 2 N–H and O–H groups in total. The monoisotopic (exact) mass is 404 g/mol. The number of carboxylic acid groups (broad SMARTS) is 1. The molecule has 29 heavy (non-hydrogen) atoms. The number of rotatable bonds is 2. The number of allylic oxidation sites excluding steroid dienone is 2. The highest BCUT2D eigenvalue weighted by Crippen LogP contribution is 2.51. The highest BCUT2D eigenvalue weighted by atomic mass is 19.4. The Morgan fingerprint density at radius 1 is 1.10 bits per heavy atom. The quantitative estimate of drug-likeness (QED) is 0.750. The first-order chi connectivity index (χ1) is 13.8. The Balaban J connectivity index is 1.57. The molecule has 8 heteroatoms. The van der Waals surface area contributed by atoms with Gasteiger partial charge in [-0.2, -0.15) is 13.2 Å². The second kappa shape index (κ2) is 6.11. The average molecular weight is 404 g/mol. The maximum Gasteiger partial charge on any atom is 0.414 e. The Labute approximate surface area is 164 Å². The maximum absolute atomic E-state index is 14.1. The van der Waals surface area contributed by atoms with E-state index in [2.05, 4.69) is 4.98 Å². The number of benzene rings is 1. The van der Waals surface area contributed by atoms with Gasteiger partial charge in [-0.1, -0.05) is 30.4 Å². The van der Waals surface area contributed by atoms with E-state index in [1.807, 2.05) is 0 Å². The zero-order valence-corrected chi connectivity index (χ0v) is 15.3. The van der Waals surface area contributed by atoms with E-state index >= 15 is 0 Å². The molecule has 1 aromatic carbocycles. The van der Waals surface area contributed by atoms with E-state index in [0.717, 1.165) is 10.3 Å². The molecule has 5 rings (SSSR count). The molecule has 5 nitrogen and oxygen atoms in total. The zero-order chi connectivity index (χ0) is 20.5. The molecule has 3 aliphatic rings. The van der Waals surface area contributed by atoms with Crippen molar-refractivity contribution in [3.05, 3.63) is 47.7 Å². The number of amides is 1. The van der Waals surface area contributed by atoms with Crippen LogP contribution in [0.5, 0.6) is 0 Å². The van der Waals surface area contributed by atoms with E-state index in [-0.39, 0.29) is 24.1 Å². The van der Waals surface area contributed by atoms with Gasteiger partial charge >= 0.3 is 12.1 Å². The molecule has 152 valence electrons. The molecule has 5 atom stereocenters. The molecular weight excluding hydrogens is 385 g/mol. The van der Waals surface area contributed by atoms with Gasteiger partial charge in [0.15, 0.2) is 6.04 Å². The van der Waals surface area contributed by atoms with Crippen LogP contribution in [0.15, 0.2) is 36.4 Å². The molecule has 2 bridgehead atoms. The van der Waals surface area contributed by atoms with Crippen molar-refractivity contribution in [2.75, 3.05) is 6.54 Å². The summed E-state index contributed by atoms with van der Waals surface area (Å²) in [6.45, 7) is -0.0815. The number of aromatic amines is 1. The van der Waals surface area contributed by atoms with Crippen LogP contribution in [-0.2, 0) is 16.0 Å². The van der Waals surface area contributed by atoms with Gasteiger partial charge in [0.1, 0.15) is 0 Å². The fourth-order valence-electron chi connectivity index (χ4n) is 5.51. The summed E-state index contributed by atoms with van der Waals surface area (Å²) in [5, 5.41) is 10.3. The molecule has 1 fully saturated rings. The third-order valence-electron chi connectivity index (χ3n) is 6.66. The van der Waals surface area contributed by atoms with E-state index in [1.54, 1.807) is 36.4 Å². The number of aliphatic carboxylic acids is 1. The van der Waals surface area contributed by atoms with Crippen molar-refractivity contribution in [2.24, 2.45) is 23.7 Å². The summed E-state index contributed by atoms with van der Waals surface area (Å²) in [4.78, 5) is 28.8. The number of carbonyl (C=O) groups excluding carboxylic acids is 1. The third-order valence-corrected chi connectivity index (χ3v) is 6.66. The van der Waals surface area contributed by atoms with Gasteiger partial charge < -0.3 is 15.0 Å². The van der Waals surface area contributed by atoms with Crippen molar-refractivity contribution in [3.63, 3.8) is 0 Å². The number of halogens is 3. The molecule has 2 aliphatic carbocycles. The first-order valence-corrected chi connectivity index (χ1v) is 9.65. The van der Waals surface area contributed by atoms with Crippen molar-refractivity contribution in [1.29, 1.82) is 0 Å². The van der Waals surface area contributed by atoms with Crippen LogP contribution in [0.4, 0.5) is 13.2 Å². The number of para-hydroxylation sites is 1. The predicted octanol–water partition coefficient (Wildman–Crippen LogP) is 3.68. The third kappa shape index (κ3) is 2.61. The number of hydrogen-bond donors (Lipinski definition) is 2. The minimum absolute atomic E-state index is 0.0103. The number of H-pyrrole nitrogens is 1. The second-order valence-corrected chi connectivity index (χ2v) is 8.13. The molecule has 2 aromatic rings. The smallest absolute Gasteiger partial charge is 0.414 e. The first kappa shape index (κ1) is 18.3. The van der Waals surface area contributed by atoms with Crippen molar-refractivity contribution in [3.8, 4) is 0 Å². The van der Waals surface area contributed by atoms with E-state index in [9.17, 15) is 27.9 Å². The molecule has 0 radical (unpaired) electrons. The summed E-state index contributed by atoms with van der Waals surface area (Å²) >= 11 is 0. The predicted molar refractivity (Wildman–Crippen MR) is 97.9 cm³/mol. The number of carboxylic acids is 1.